The Morgan fingerprint density at radius 2 is 1.38 bits per heavy atom. The van der Waals surface area contributed by atoms with Crippen LogP contribution in [0.4, 0.5) is 0 Å². The summed E-state index contributed by atoms with van der Waals surface area (Å²) in [5.41, 5.74) is 2.01. The monoisotopic (exact) mass is 420 g/mol. The van der Waals surface area contributed by atoms with E-state index in [0.29, 0.717) is 22.7 Å². The molecule has 0 aromatic heterocycles. The van der Waals surface area contributed by atoms with Crippen LogP contribution in [0.25, 0.3) is 0 Å². The molecule has 0 saturated carbocycles. The van der Waals surface area contributed by atoms with E-state index in [1.165, 1.54) is 10.9 Å². The van der Waals surface area contributed by atoms with Crippen molar-refractivity contribution < 1.29 is 4.43 Å². The minimum atomic E-state index is -1.75. The van der Waals surface area contributed by atoms with E-state index in [1.54, 1.807) is 0 Å². The Morgan fingerprint density at radius 1 is 0.952 bits per heavy atom. The van der Waals surface area contributed by atoms with Gasteiger partial charge in [0.1, 0.15) is 0 Å². The zero-order chi connectivity index (χ0) is 16.8. The predicted octanol–water partition coefficient (Wildman–Crippen LogP) is 6.85. The van der Waals surface area contributed by atoms with Crippen LogP contribution >= 0.6 is 0 Å². The van der Waals surface area contributed by atoms with Gasteiger partial charge >= 0.3 is 140 Å². The van der Waals surface area contributed by atoms with Crippen molar-refractivity contribution >= 4 is 26.7 Å². The van der Waals surface area contributed by atoms with Gasteiger partial charge in [0.2, 0.25) is 0 Å². The molecule has 0 aliphatic heterocycles. The Hall–Kier alpha value is 0.716. The van der Waals surface area contributed by atoms with Crippen molar-refractivity contribution in [1.29, 1.82) is 0 Å². The maximum absolute atomic E-state index is 6.96. The van der Waals surface area contributed by atoms with Gasteiger partial charge in [-0.2, -0.15) is 0 Å². The Labute approximate surface area is 139 Å². The third-order valence-corrected chi connectivity index (χ3v) is 16.0. The molecular formula is C18H40OSiSn. The number of hydrogen-bond donors (Lipinski definition) is 0. The molecule has 0 saturated heterocycles. The molecule has 0 aliphatic rings. The third-order valence-electron chi connectivity index (χ3n) is 4.72. The first kappa shape index (κ1) is 21.7. The van der Waals surface area contributed by atoms with E-state index in [0.717, 1.165) is 6.42 Å². The molecule has 0 aromatic rings. The maximum atomic E-state index is 6.96. The summed E-state index contributed by atoms with van der Waals surface area (Å²) in [6.07, 6.45) is 4.72. The van der Waals surface area contributed by atoms with Gasteiger partial charge in [0.25, 0.3) is 0 Å². The predicted molar refractivity (Wildman–Crippen MR) is 104 cm³/mol. The van der Waals surface area contributed by atoms with Crippen LogP contribution in [0.5, 0.6) is 0 Å². The molecule has 0 aromatic carbocycles. The zero-order valence-corrected chi connectivity index (χ0v) is 20.0. The first-order valence-corrected chi connectivity index (χ1v) is 21.5. The molecule has 0 heterocycles. The summed E-state index contributed by atoms with van der Waals surface area (Å²) in [7, 11) is -1.75. The van der Waals surface area contributed by atoms with Crippen molar-refractivity contribution in [2.24, 2.45) is 0 Å². The van der Waals surface area contributed by atoms with Crippen molar-refractivity contribution in [2.45, 2.75) is 96.4 Å². The van der Waals surface area contributed by atoms with Crippen LogP contribution in [-0.4, -0.2) is 32.8 Å². The van der Waals surface area contributed by atoms with Crippen LogP contribution in [0, 0.1) is 0 Å². The van der Waals surface area contributed by atoms with Crippen molar-refractivity contribution in [3.05, 3.63) is 12.7 Å². The Kier molecular flexibility index (Phi) is 9.43. The quantitative estimate of drug-likeness (QED) is 0.278. The first-order chi connectivity index (χ1) is 9.47. The molecule has 0 fully saturated rings. The Morgan fingerprint density at radius 3 is 1.67 bits per heavy atom. The van der Waals surface area contributed by atoms with E-state index in [2.05, 4.69) is 69.0 Å². The van der Waals surface area contributed by atoms with E-state index in [1.807, 2.05) is 0 Å². The summed E-state index contributed by atoms with van der Waals surface area (Å²) in [4.78, 5) is 7.58. The van der Waals surface area contributed by atoms with Gasteiger partial charge in [-0.05, 0) is 0 Å². The molecular weight excluding hydrogens is 379 g/mol. The van der Waals surface area contributed by atoms with Gasteiger partial charge in [0.15, 0.2) is 0 Å². The summed E-state index contributed by atoms with van der Waals surface area (Å²) in [6.45, 7) is 18.2. The number of hydrogen-bond acceptors (Lipinski definition) is 1. The fourth-order valence-electron chi connectivity index (χ4n) is 3.70. The summed E-state index contributed by atoms with van der Waals surface area (Å²) in [6, 6.07) is 0. The Bertz CT molecular complexity index is 283. The topological polar surface area (TPSA) is 9.23 Å². The Balaban J connectivity index is 5.18. The van der Waals surface area contributed by atoms with Gasteiger partial charge in [-0.3, -0.25) is 0 Å². The molecule has 0 rings (SSSR count). The fraction of sp³-hybridized carbons (Fsp3) is 0.889. The van der Waals surface area contributed by atoms with Gasteiger partial charge in [0, 0.05) is 0 Å². The second-order valence-electron chi connectivity index (χ2n) is 8.68. The third kappa shape index (κ3) is 6.78. The van der Waals surface area contributed by atoms with E-state index in [9.17, 15) is 0 Å². The average molecular weight is 419 g/mol. The van der Waals surface area contributed by atoms with E-state index in [-0.39, 0.29) is 0 Å². The molecule has 1 atom stereocenters. The summed E-state index contributed by atoms with van der Waals surface area (Å²) >= 11 is -1.71. The SMILES string of the molecule is C=CC[C@@H](C[CH2][Sn]([CH3])([CH3])[CH3])O[Si](C(C)C)(C(C)C)C(C)C. The fourth-order valence-corrected chi connectivity index (χ4v) is 12.7. The standard InChI is InChI=1S/C15H31OSi.3CH3.Sn/c1-9-11-15(10-2)16-17(12(3)4,13(5)6)14(7)8;;;;/h9,12-15H,1-2,10-11H2,3-8H3;3*1H3;/t15-;;;;/m1..../s1. The van der Waals surface area contributed by atoms with Gasteiger partial charge in [-0.15, -0.1) is 0 Å². The van der Waals surface area contributed by atoms with Crippen molar-refractivity contribution in [2.75, 3.05) is 0 Å². The average Bonchev–Trinajstić information content (AvgIpc) is 2.30. The number of rotatable bonds is 10. The molecule has 1 nitrogen and oxygen atoms in total. The second kappa shape index (κ2) is 9.12. The van der Waals surface area contributed by atoms with Crippen molar-refractivity contribution in [3.8, 4) is 0 Å². The molecule has 0 bridgehead atoms. The molecule has 0 N–H and O–H groups in total. The van der Waals surface area contributed by atoms with E-state index < -0.39 is 26.7 Å². The van der Waals surface area contributed by atoms with Gasteiger partial charge < -0.3 is 0 Å². The van der Waals surface area contributed by atoms with Gasteiger partial charge in [-0.1, -0.05) is 0 Å². The molecule has 0 radical (unpaired) electrons. The van der Waals surface area contributed by atoms with Crippen LogP contribution in [0.15, 0.2) is 12.7 Å². The van der Waals surface area contributed by atoms with Crippen molar-refractivity contribution in [3.63, 3.8) is 0 Å². The van der Waals surface area contributed by atoms with E-state index in [4.69, 9.17) is 4.43 Å². The van der Waals surface area contributed by atoms with Crippen molar-refractivity contribution in [1.82, 2.24) is 0 Å². The molecule has 3 heteroatoms. The summed E-state index contributed by atoms with van der Waals surface area (Å²) in [5, 5.41) is 0. The molecule has 0 spiro atoms. The normalized spacial score (nSPS) is 15.0. The molecule has 21 heavy (non-hydrogen) atoms. The molecule has 126 valence electrons. The minimum absolute atomic E-state index is 0.400. The molecule has 0 aliphatic carbocycles. The van der Waals surface area contributed by atoms with Crippen LogP contribution < -0.4 is 0 Å². The van der Waals surface area contributed by atoms with Crippen LogP contribution in [0.2, 0.25) is 35.9 Å². The van der Waals surface area contributed by atoms with E-state index >= 15 is 0 Å². The van der Waals surface area contributed by atoms with Gasteiger partial charge in [0.05, 0.1) is 0 Å². The molecule has 0 amide bonds. The van der Waals surface area contributed by atoms with Crippen LogP contribution in [-0.2, 0) is 4.43 Å². The van der Waals surface area contributed by atoms with Gasteiger partial charge in [-0.25, -0.2) is 0 Å². The van der Waals surface area contributed by atoms with Crippen LogP contribution in [0.3, 0.4) is 0 Å². The first-order valence-electron chi connectivity index (χ1n) is 8.76. The zero-order valence-electron chi connectivity index (χ0n) is 16.1. The van der Waals surface area contributed by atoms with Crippen LogP contribution in [0.1, 0.15) is 54.4 Å². The summed E-state index contributed by atoms with van der Waals surface area (Å²) in [5.74, 6) is 0. The molecule has 0 unspecified atom stereocenters. The summed E-state index contributed by atoms with van der Waals surface area (Å²) < 4.78 is 8.38. The second-order valence-corrected chi connectivity index (χ2v) is 30.1.